The van der Waals surface area contributed by atoms with Crippen molar-refractivity contribution in [2.24, 2.45) is 11.7 Å². The fourth-order valence-corrected chi connectivity index (χ4v) is 2.52. The molecule has 0 aliphatic carbocycles. The first-order chi connectivity index (χ1) is 8.83. The molecule has 1 aliphatic heterocycles. The molecule has 2 rings (SSSR count). The minimum Gasteiger partial charge on any atom is -0.339 e. The van der Waals surface area contributed by atoms with Crippen molar-refractivity contribution in [2.75, 3.05) is 24.5 Å². The minimum atomic E-state index is 0.598. The van der Waals surface area contributed by atoms with Crippen LogP contribution in [0.25, 0.3) is 0 Å². The van der Waals surface area contributed by atoms with E-state index in [0.29, 0.717) is 5.92 Å². The van der Waals surface area contributed by atoms with Gasteiger partial charge in [-0.05, 0) is 31.7 Å². The highest BCUT2D eigenvalue weighted by molar-refractivity contribution is 5.29. The Hall–Kier alpha value is -1.10. The summed E-state index contributed by atoms with van der Waals surface area (Å²) in [6.07, 6.45) is 7.13. The molecular weight excluding hydrogens is 226 g/mol. The van der Waals surface area contributed by atoms with Crippen molar-refractivity contribution in [2.45, 2.75) is 45.4 Å². The van der Waals surface area contributed by atoms with Gasteiger partial charge in [-0.15, -0.1) is 5.10 Å². The predicted octanol–water partition coefficient (Wildman–Crippen LogP) is 1.71. The second kappa shape index (κ2) is 6.73. The molecule has 3 N–H and O–H groups in total. The monoisotopic (exact) mass is 251 g/mol. The number of rotatable bonds is 6. The third-order valence-corrected chi connectivity index (χ3v) is 3.67. The van der Waals surface area contributed by atoms with Crippen molar-refractivity contribution in [3.63, 3.8) is 0 Å². The number of H-pyrrole nitrogens is 1. The highest BCUT2D eigenvalue weighted by atomic mass is 15.4. The summed E-state index contributed by atoms with van der Waals surface area (Å²) in [6, 6.07) is 0. The number of aryl methyl sites for hydroxylation is 1. The van der Waals surface area contributed by atoms with E-state index in [0.717, 1.165) is 37.8 Å². The molecule has 1 aliphatic rings. The second-order valence-corrected chi connectivity index (χ2v) is 5.23. The maximum absolute atomic E-state index is 5.75. The molecule has 1 atom stereocenters. The van der Waals surface area contributed by atoms with E-state index in [-0.39, 0.29) is 0 Å². The second-order valence-electron chi connectivity index (χ2n) is 5.23. The van der Waals surface area contributed by atoms with Crippen LogP contribution in [0, 0.1) is 5.92 Å². The summed E-state index contributed by atoms with van der Waals surface area (Å²) in [5.41, 5.74) is 5.75. The number of aromatic amines is 1. The number of anilines is 1. The number of hydrogen-bond acceptors (Lipinski definition) is 4. The van der Waals surface area contributed by atoms with Gasteiger partial charge >= 0.3 is 0 Å². The molecular formula is C13H25N5. The smallest absolute Gasteiger partial charge is 0.244 e. The van der Waals surface area contributed by atoms with Gasteiger partial charge in [0.25, 0.3) is 0 Å². The first kappa shape index (κ1) is 13.3. The Morgan fingerprint density at radius 1 is 1.44 bits per heavy atom. The van der Waals surface area contributed by atoms with Crippen LogP contribution in [0.5, 0.6) is 0 Å². The van der Waals surface area contributed by atoms with E-state index in [9.17, 15) is 0 Å². The van der Waals surface area contributed by atoms with E-state index >= 15 is 0 Å². The molecule has 0 aromatic carbocycles. The number of nitrogens with two attached hydrogens (primary N) is 1. The lowest BCUT2D eigenvalue weighted by molar-refractivity contribution is 0.419. The normalized spacial score (nSPS) is 20.3. The Kier molecular flexibility index (Phi) is 4.99. The topological polar surface area (TPSA) is 70.8 Å². The lowest BCUT2D eigenvalue weighted by atomic mass is 9.99. The summed E-state index contributed by atoms with van der Waals surface area (Å²) in [5, 5.41) is 7.40. The van der Waals surface area contributed by atoms with Gasteiger partial charge in [-0.25, -0.2) is 0 Å². The van der Waals surface area contributed by atoms with Gasteiger partial charge in [0.15, 0.2) is 0 Å². The molecule has 1 aromatic rings. The molecule has 2 heterocycles. The van der Waals surface area contributed by atoms with Gasteiger partial charge in [0.2, 0.25) is 5.95 Å². The highest BCUT2D eigenvalue weighted by Crippen LogP contribution is 2.19. The van der Waals surface area contributed by atoms with Crippen LogP contribution in [0.3, 0.4) is 0 Å². The molecule has 102 valence electrons. The van der Waals surface area contributed by atoms with Gasteiger partial charge in [-0.3, -0.25) is 5.10 Å². The van der Waals surface area contributed by atoms with Crippen molar-refractivity contribution in [3.05, 3.63) is 5.82 Å². The maximum Gasteiger partial charge on any atom is 0.244 e. The molecule has 1 saturated heterocycles. The Bertz CT molecular complexity index is 349. The molecule has 0 radical (unpaired) electrons. The number of nitrogens with one attached hydrogen (secondary N) is 1. The number of unbranched alkanes of at least 4 members (excludes halogenated alkanes) is 2. The number of nitrogens with zero attached hydrogens (tertiary/aromatic N) is 3. The Morgan fingerprint density at radius 3 is 3.11 bits per heavy atom. The Morgan fingerprint density at radius 2 is 2.33 bits per heavy atom. The van der Waals surface area contributed by atoms with E-state index < -0.39 is 0 Å². The van der Waals surface area contributed by atoms with Crippen molar-refractivity contribution < 1.29 is 0 Å². The summed E-state index contributed by atoms with van der Waals surface area (Å²) in [4.78, 5) is 6.86. The summed E-state index contributed by atoms with van der Waals surface area (Å²) >= 11 is 0. The quantitative estimate of drug-likeness (QED) is 0.755. The van der Waals surface area contributed by atoms with Gasteiger partial charge in [-0.1, -0.05) is 19.8 Å². The molecule has 5 heteroatoms. The first-order valence-corrected chi connectivity index (χ1v) is 7.19. The Labute approximate surface area is 109 Å². The lowest BCUT2D eigenvalue weighted by Crippen LogP contribution is -2.39. The largest absolute Gasteiger partial charge is 0.339 e. The van der Waals surface area contributed by atoms with E-state index in [2.05, 4.69) is 27.0 Å². The molecule has 1 fully saturated rings. The molecule has 5 nitrogen and oxygen atoms in total. The van der Waals surface area contributed by atoms with Crippen molar-refractivity contribution in [1.82, 2.24) is 15.2 Å². The molecule has 0 spiro atoms. The van der Waals surface area contributed by atoms with Crippen LogP contribution in [0.15, 0.2) is 0 Å². The van der Waals surface area contributed by atoms with Gasteiger partial charge in [0, 0.05) is 19.5 Å². The third-order valence-electron chi connectivity index (χ3n) is 3.67. The third kappa shape index (κ3) is 3.45. The Balaban J connectivity index is 1.88. The highest BCUT2D eigenvalue weighted by Gasteiger charge is 2.21. The van der Waals surface area contributed by atoms with E-state index in [4.69, 9.17) is 5.73 Å². The van der Waals surface area contributed by atoms with Crippen LogP contribution in [0.1, 0.15) is 44.9 Å². The van der Waals surface area contributed by atoms with E-state index in [1.807, 2.05) is 0 Å². The van der Waals surface area contributed by atoms with Crippen LogP contribution < -0.4 is 10.6 Å². The van der Waals surface area contributed by atoms with Crippen LogP contribution >= 0.6 is 0 Å². The van der Waals surface area contributed by atoms with E-state index in [1.54, 1.807) is 0 Å². The zero-order valence-electron chi connectivity index (χ0n) is 11.4. The van der Waals surface area contributed by atoms with Crippen molar-refractivity contribution in [3.8, 4) is 0 Å². The summed E-state index contributed by atoms with van der Waals surface area (Å²) in [7, 11) is 0. The van der Waals surface area contributed by atoms with Crippen molar-refractivity contribution in [1.29, 1.82) is 0 Å². The van der Waals surface area contributed by atoms with E-state index in [1.165, 1.54) is 32.1 Å². The van der Waals surface area contributed by atoms with Gasteiger partial charge < -0.3 is 10.6 Å². The van der Waals surface area contributed by atoms with Gasteiger partial charge in [0.05, 0.1) is 0 Å². The average Bonchev–Trinajstić information content (AvgIpc) is 2.88. The van der Waals surface area contributed by atoms with Crippen LogP contribution in [0.4, 0.5) is 5.95 Å². The van der Waals surface area contributed by atoms with Gasteiger partial charge in [-0.2, -0.15) is 4.98 Å². The molecule has 1 unspecified atom stereocenters. The molecule has 1 aromatic heterocycles. The van der Waals surface area contributed by atoms with Crippen LogP contribution in [-0.4, -0.2) is 34.8 Å². The minimum absolute atomic E-state index is 0.598. The zero-order chi connectivity index (χ0) is 12.8. The van der Waals surface area contributed by atoms with Crippen LogP contribution in [-0.2, 0) is 6.42 Å². The molecule has 0 bridgehead atoms. The fraction of sp³-hybridized carbons (Fsp3) is 0.846. The lowest BCUT2D eigenvalue weighted by Gasteiger charge is -2.31. The number of aromatic nitrogens is 3. The number of piperidine rings is 1. The molecule has 0 amide bonds. The van der Waals surface area contributed by atoms with Crippen LogP contribution in [0.2, 0.25) is 0 Å². The zero-order valence-corrected chi connectivity index (χ0v) is 11.4. The van der Waals surface area contributed by atoms with Gasteiger partial charge in [0.1, 0.15) is 5.82 Å². The summed E-state index contributed by atoms with van der Waals surface area (Å²) < 4.78 is 0. The summed E-state index contributed by atoms with van der Waals surface area (Å²) in [6.45, 7) is 5.04. The SMILES string of the molecule is CCCCCc1nc(N2CCCC(CN)C2)n[nH]1. The predicted molar refractivity (Wildman–Crippen MR) is 73.6 cm³/mol. The summed E-state index contributed by atoms with van der Waals surface area (Å²) in [5.74, 6) is 2.48. The average molecular weight is 251 g/mol. The molecule has 18 heavy (non-hydrogen) atoms. The first-order valence-electron chi connectivity index (χ1n) is 7.19. The fourth-order valence-electron chi connectivity index (χ4n) is 2.52. The number of hydrogen-bond donors (Lipinski definition) is 2. The standard InChI is InChI=1S/C13H25N5/c1-2-3-4-7-12-15-13(17-16-12)18-8-5-6-11(9-14)10-18/h11H,2-10,14H2,1H3,(H,15,16,17). The van der Waals surface area contributed by atoms with Crippen molar-refractivity contribution >= 4 is 5.95 Å². The maximum atomic E-state index is 5.75. The molecule has 0 saturated carbocycles.